The summed E-state index contributed by atoms with van der Waals surface area (Å²) in [6.07, 6.45) is 2.15. The molecule has 4 rings (SSSR count). The highest BCUT2D eigenvalue weighted by Crippen LogP contribution is 2.30. The average Bonchev–Trinajstić information content (AvgIpc) is 2.72. The van der Waals surface area contributed by atoms with Crippen LogP contribution < -0.4 is 4.90 Å². The molecule has 0 aromatic heterocycles. The maximum Gasteiger partial charge on any atom is 0.123 e. The number of hydrogen-bond donors (Lipinski definition) is 0. The maximum absolute atomic E-state index is 13.3. The highest BCUT2D eigenvalue weighted by molar-refractivity contribution is 5.86. The Hall–Kier alpha value is -2.39. The fraction of sp³-hybridized carbons (Fsp3) is 0.333. The van der Waals surface area contributed by atoms with E-state index in [1.165, 1.54) is 16.3 Å². The van der Waals surface area contributed by atoms with Gasteiger partial charge in [0.15, 0.2) is 0 Å². The molecule has 1 unspecified atom stereocenters. The molecule has 3 aromatic rings. The van der Waals surface area contributed by atoms with E-state index in [1.807, 2.05) is 12.1 Å². The van der Waals surface area contributed by atoms with Gasteiger partial charge in [-0.25, -0.2) is 4.39 Å². The Morgan fingerprint density at radius 1 is 1.04 bits per heavy atom. The molecule has 0 spiro atoms. The van der Waals surface area contributed by atoms with Crippen molar-refractivity contribution in [3.63, 3.8) is 0 Å². The van der Waals surface area contributed by atoms with E-state index < -0.39 is 0 Å². The highest BCUT2D eigenvalue weighted by atomic mass is 19.1. The zero-order valence-corrected chi connectivity index (χ0v) is 15.8. The van der Waals surface area contributed by atoms with Gasteiger partial charge in [-0.3, -0.25) is 0 Å². The van der Waals surface area contributed by atoms with E-state index in [4.69, 9.17) is 4.74 Å². The first kappa shape index (κ1) is 18.0. The molecule has 1 saturated heterocycles. The quantitative estimate of drug-likeness (QED) is 0.571. The SMILES string of the molecule is C[C@@H](CCC1COCCN1c1ccc(F)cc1)c1cccc2ccccc12. The number of fused-ring (bicyclic) bond motifs is 1. The van der Waals surface area contributed by atoms with Gasteiger partial charge in [0.1, 0.15) is 5.82 Å². The number of morpholine rings is 1. The third kappa shape index (κ3) is 3.98. The van der Waals surface area contributed by atoms with Gasteiger partial charge >= 0.3 is 0 Å². The van der Waals surface area contributed by atoms with Crippen molar-refractivity contribution in [3.05, 3.63) is 78.1 Å². The fourth-order valence-electron chi connectivity index (χ4n) is 4.14. The molecule has 3 aromatic carbocycles. The number of benzene rings is 3. The first-order valence-electron chi connectivity index (χ1n) is 9.80. The number of anilines is 1. The van der Waals surface area contributed by atoms with Gasteiger partial charge in [0.2, 0.25) is 0 Å². The Kier molecular flexibility index (Phi) is 5.40. The predicted molar refractivity (Wildman–Crippen MR) is 110 cm³/mol. The lowest BCUT2D eigenvalue weighted by atomic mass is 9.90. The van der Waals surface area contributed by atoms with Crippen LogP contribution in [0.4, 0.5) is 10.1 Å². The number of rotatable bonds is 5. The topological polar surface area (TPSA) is 12.5 Å². The molecule has 27 heavy (non-hydrogen) atoms. The molecule has 1 heterocycles. The van der Waals surface area contributed by atoms with Crippen LogP contribution in [0.5, 0.6) is 0 Å². The number of ether oxygens (including phenoxy) is 1. The van der Waals surface area contributed by atoms with Gasteiger partial charge in [0.25, 0.3) is 0 Å². The van der Waals surface area contributed by atoms with Crippen molar-refractivity contribution in [2.24, 2.45) is 0 Å². The molecule has 2 atom stereocenters. The Morgan fingerprint density at radius 3 is 2.67 bits per heavy atom. The van der Waals surface area contributed by atoms with Crippen LogP contribution in [-0.2, 0) is 4.74 Å². The first-order chi connectivity index (χ1) is 13.2. The van der Waals surface area contributed by atoms with Crippen molar-refractivity contribution >= 4 is 16.5 Å². The Labute approximate surface area is 160 Å². The molecule has 1 aliphatic heterocycles. The number of nitrogens with zero attached hydrogens (tertiary/aromatic N) is 1. The lowest BCUT2D eigenvalue weighted by molar-refractivity contribution is 0.0905. The summed E-state index contributed by atoms with van der Waals surface area (Å²) in [6.45, 7) is 4.64. The van der Waals surface area contributed by atoms with Gasteiger partial charge in [0.05, 0.1) is 19.3 Å². The van der Waals surface area contributed by atoms with Crippen LogP contribution in [0, 0.1) is 5.82 Å². The van der Waals surface area contributed by atoms with Crippen molar-refractivity contribution in [3.8, 4) is 0 Å². The highest BCUT2D eigenvalue weighted by Gasteiger charge is 2.24. The third-order valence-corrected chi connectivity index (χ3v) is 5.67. The third-order valence-electron chi connectivity index (χ3n) is 5.67. The molecule has 0 bridgehead atoms. The Morgan fingerprint density at radius 2 is 1.81 bits per heavy atom. The van der Waals surface area contributed by atoms with Gasteiger partial charge in [-0.1, -0.05) is 49.4 Å². The molecule has 3 heteroatoms. The zero-order valence-electron chi connectivity index (χ0n) is 15.8. The molecule has 0 radical (unpaired) electrons. The summed E-state index contributed by atoms with van der Waals surface area (Å²) < 4.78 is 19.0. The van der Waals surface area contributed by atoms with Gasteiger partial charge in [-0.2, -0.15) is 0 Å². The molecular weight excluding hydrogens is 337 g/mol. The standard InChI is InChI=1S/C24H26FNO/c1-18(23-8-4-6-19-5-2-3-7-24(19)23)9-12-22-17-27-16-15-26(22)21-13-10-20(25)11-14-21/h2-8,10-11,13-14,18,22H,9,12,15-17H2,1H3/t18-,22?/m0/s1. The molecule has 1 fully saturated rings. The summed E-state index contributed by atoms with van der Waals surface area (Å²) in [5.41, 5.74) is 2.50. The van der Waals surface area contributed by atoms with Gasteiger partial charge in [-0.05, 0) is 59.4 Å². The zero-order chi connectivity index (χ0) is 18.6. The van der Waals surface area contributed by atoms with Crippen molar-refractivity contribution in [2.45, 2.75) is 31.7 Å². The van der Waals surface area contributed by atoms with Crippen LogP contribution in [0.2, 0.25) is 0 Å². The van der Waals surface area contributed by atoms with Crippen molar-refractivity contribution in [1.29, 1.82) is 0 Å². The lowest BCUT2D eigenvalue weighted by Crippen LogP contribution is -2.45. The van der Waals surface area contributed by atoms with Crippen LogP contribution >= 0.6 is 0 Å². The van der Waals surface area contributed by atoms with E-state index in [0.29, 0.717) is 12.0 Å². The predicted octanol–water partition coefficient (Wildman–Crippen LogP) is 5.77. The molecule has 0 saturated carbocycles. The molecule has 140 valence electrons. The van der Waals surface area contributed by atoms with E-state index in [2.05, 4.69) is 54.3 Å². The second-order valence-electron chi connectivity index (χ2n) is 7.45. The fourth-order valence-corrected chi connectivity index (χ4v) is 4.14. The number of halogens is 1. The van der Waals surface area contributed by atoms with Gasteiger partial charge in [0, 0.05) is 12.2 Å². The normalized spacial score (nSPS) is 18.6. The van der Waals surface area contributed by atoms with Crippen molar-refractivity contribution in [2.75, 3.05) is 24.7 Å². The molecule has 0 N–H and O–H groups in total. The molecular formula is C24H26FNO. The lowest BCUT2D eigenvalue weighted by Gasteiger charge is -2.38. The van der Waals surface area contributed by atoms with Crippen LogP contribution in [0.25, 0.3) is 10.8 Å². The van der Waals surface area contributed by atoms with Crippen molar-refractivity contribution < 1.29 is 9.13 Å². The summed E-state index contributed by atoms with van der Waals surface area (Å²) in [4.78, 5) is 2.37. The monoisotopic (exact) mass is 363 g/mol. The Bertz CT molecular complexity index is 887. The van der Waals surface area contributed by atoms with E-state index in [1.54, 1.807) is 12.1 Å². The summed E-state index contributed by atoms with van der Waals surface area (Å²) in [6, 6.07) is 22.4. The molecule has 2 nitrogen and oxygen atoms in total. The first-order valence-corrected chi connectivity index (χ1v) is 9.80. The van der Waals surface area contributed by atoms with E-state index >= 15 is 0 Å². The summed E-state index contributed by atoms with van der Waals surface area (Å²) in [7, 11) is 0. The van der Waals surface area contributed by atoms with Crippen LogP contribution in [-0.4, -0.2) is 25.8 Å². The largest absolute Gasteiger partial charge is 0.377 e. The maximum atomic E-state index is 13.3. The smallest absolute Gasteiger partial charge is 0.123 e. The van der Waals surface area contributed by atoms with Crippen LogP contribution in [0.3, 0.4) is 0 Å². The van der Waals surface area contributed by atoms with Gasteiger partial charge in [-0.15, -0.1) is 0 Å². The van der Waals surface area contributed by atoms with Crippen molar-refractivity contribution in [1.82, 2.24) is 0 Å². The summed E-state index contributed by atoms with van der Waals surface area (Å²) >= 11 is 0. The minimum Gasteiger partial charge on any atom is -0.377 e. The second kappa shape index (κ2) is 8.10. The van der Waals surface area contributed by atoms with E-state index in [9.17, 15) is 4.39 Å². The van der Waals surface area contributed by atoms with E-state index in [-0.39, 0.29) is 5.82 Å². The molecule has 0 amide bonds. The van der Waals surface area contributed by atoms with Gasteiger partial charge < -0.3 is 9.64 Å². The van der Waals surface area contributed by atoms with Crippen LogP contribution in [0.15, 0.2) is 66.7 Å². The average molecular weight is 363 g/mol. The Balaban J connectivity index is 1.48. The molecule has 0 aliphatic carbocycles. The summed E-state index contributed by atoms with van der Waals surface area (Å²) in [5.74, 6) is 0.293. The summed E-state index contributed by atoms with van der Waals surface area (Å²) in [5, 5.41) is 2.65. The number of hydrogen-bond acceptors (Lipinski definition) is 2. The van der Waals surface area contributed by atoms with E-state index in [0.717, 1.165) is 38.3 Å². The van der Waals surface area contributed by atoms with Crippen LogP contribution in [0.1, 0.15) is 31.2 Å². The minimum atomic E-state index is -0.187. The minimum absolute atomic E-state index is 0.187. The molecule has 1 aliphatic rings. The second-order valence-corrected chi connectivity index (χ2v) is 7.45.